The first-order valence-electron chi connectivity index (χ1n) is 13.6. The number of benzene rings is 1. The number of pyridine rings is 2. The number of aliphatic hydroxyl groups is 1. The molecule has 3 aliphatic rings. The second-order valence-electron chi connectivity index (χ2n) is 11.2. The SMILES string of the molecule is Cc1c(F)cc2nc3c(c4c2c1CCC4/C=N\C(=O)CCN(C)C(C)C)Cn1c-3cc2c(c1=O)COC(=O)[C@H]2O. The number of ether oxygens (including phenoxy) is 1. The van der Waals surface area contributed by atoms with Crippen molar-refractivity contribution >= 4 is 29.0 Å². The molecule has 10 heteroatoms. The molecule has 1 unspecified atom stereocenters. The van der Waals surface area contributed by atoms with Crippen molar-refractivity contribution in [1.29, 1.82) is 0 Å². The van der Waals surface area contributed by atoms with Crippen LogP contribution in [-0.2, 0) is 33.9 Å². The fraction of sp³-hybridized carbons (Fsp3) is 0.433. The molecule has 40 heavy (non-hydrogen) atoms. The van der Waals surface area contributed by atoms with Crippen LogP contribution in [0.4, 0.5) is 4.39 Å². The van der Waals surface area contributed by atoms with Gasteiger partial charge >= 0.3 is 5.97 Å². The molecule has 1 N–H and O–H groups in total. The summed E-state index contributed by atoms with van der Waals surface area (Å²) in [6, 6.07) is 3.35. The monoisotopic (exact) mass is 546 g/mol. The number of rotatable bonds is 5. The Morgan fingerprint density at radius 3 is 2.83 bits per heavy atom. The van der Waals surface area contributed by atoms with E-state index in [1.54, 1.807) is 23.8 Å². The van der Waals surface area contributed by atoms with E-state index in [2.05, 4.69) is 23.7 Å². The van der Waals surface area contributed by atoms with Crippen molar-refractivity contribution < 1.29 is 23.8 Å². The zero-order valence-corrected chi connectivity index (χ0v) is 23.0. The Labute approximate surface area is 230 Å². The number of cyclic esters (lactones) is 1. The second-order valence-corrected chi connectivity index (χ2v) is 11.2. The lowest BCUT2D eigenvalue weighted by Crippen LogP contribution is -2.32. The van der Waals surface area contributed by atoms with Gasteiger partial charge in [-0.25, -0.2) is 19.2 Å². The Balaban J connectivity index is 1.48. The predicted octanol–water partition coefficient (Wildman–Crippen LogP) is 3.32. The summed E-state index contributed by atoms with van der Waals surface area (Å²) in [5.74, 6) is -1.59. The number of carbonyl (C=O) groups is 2. The quantitative estimate of drug-likeness (QED) is 0.302. The number of esters is 1. The largest absolute Gasteiger partial charge is 0.458 e. The van der Waals surface area contributed by atoms with Crippen molar-refractivity contribution in [2.75, 3.05) is 13.6 Å². The summed E-state index contributed by atoms with van der Waals surface area (Å²) in [5.41, 5.74) is 4.68. The van der Waals surface area contributed by atoms with Gasteiger partial charge in [0.25, 0.3) is 5.56 Å². The molecule has 0 fully saturated rings. The van der Waals surface area contributed by atoms with Gasteiger partial charge in [0.1, 0.15) is 12.4 Å². The van der Waals surface area contributed by atoms with E-state index in [9.17, 15) is 23.9 Å². The molecule has 2 aromatic heterocycles. The van der Waals surface area contributed by atoms with Gasteiger partial charge in [0, 0.05) is 53.7 Å². The van der Waals surface area contributed by atoms with E-state index in [1.165, 1.54) is 6.07 Å². The van der Waals surface area contributed by atoms with E-state index in [0.717, 1.165) is 22.1 Å². The third-order valence-corrected chi connectivity index (χ3v) is 8.65. The minimum Gasteiger partial charge on any atom is -0.458 e. The van der Waals surface area contributed by atoms with Gasteiger partial charge in [0.2, 0.25) is 5.91 Å². The second kappa shape index (κ2) is 9.71. The van der Waals surface area contributed by atoms with Crippen molar-refractivity contribution in [2.45, 2.75) is 71.2 Å². The highest BCUT2D eigenvalue weighted by molar-refractivity contribution is 5.97. The molecular weight excluding hydrogens is 515 g/mol. The van der Waals surface area contributed by atoms with Crippen molar-refractivity contribution in [2.24, 2.45) is 4.99 Å². The number of hydrogen-bond donors (Lipinski definition) is 1. The van der Waals surface area contributed by atoms with Gasteiger partial charge in [-0.15, -0.1) is 0 Å². The molecule has 208 valence electrons. The normalized spacial score (nSPS) is 19.4. The molecule has 0 bridgehead atoms. The molecule has 6 rings (SSSR count). The van der Waals surface area contributed by atoms with E-state index in [4.69, 9.17) is 9.72 Å². The smallest absolute Gasteiger partial charge is 0.340 e. The molecule has 0 saturated carbocycles. The molecule has 1 aliphatic carbocycles. The minimum absolute atomic E-state index is 0.207. The zero-order valence-electron chi connectivity index (χ0n) is 23.0. The number of aliphatic imine (C=N–C) groups is 1. The highest BCUT2D eigenvalue weighted by Gasteiger charge is 2.37. The number of aromatic nitrogens is 2. The molecular formula is C30H31FN4O5. The van der Waals surface area contributed by atoms with Gasteiger partial charge in [-0.3, -0.25) is 9.59 Å². The molecule has 3 aromatic rings. The van der Waals surface area contributed by atoms with E-state index >= 15 is 0 Å². The van der Waals surface area contributed by atoms with Gasteiger partial charge in [-0.1, -0.05) is 0 Å². The van der Waals surface area contributed by atoms with Crippen LogP contribution in [0.25, 0.3) is 22.3 Å². The van der Waals surface area contributed by atoms with Gasteiger partial charge in [-0.2, -0.15) is 0 Å². The van der Waals surface area contributed by atoms with E-state index in [-0.39, 0.29) is 47.5 Å². The number of halogens is 1. The minimum atomic E-state index is -1.56. The number of aryl methyl sites for hydroxylation is 1. The lowest BCUT2D eigenvalue weighted by molar-refractivity contribution is -0.157. The number of nitrogens with zero attached hydrogens (tertiary/aromatic N) is 4. The Morgan fingerprint density at radius 2 is 2.08 bits per heavy atom. The van der Waals surface area contributed by atoms with Crippen LogP contribution in [0.5, 0.6) is 0 Å². The highest BCUT2D eigenvalue weighted by atomic mass is 19.1. The van der Waals surface area contributed by atoms with Crippen LogP contribution in [0.1, 0.15) is 72.1 Å². The lowest BCUT2D eigenvalue weighted by Gasteiger charge is -2.27. The van der Waals surface area contributed by atoms with E-state index < -0.39 is 12.1 Å². The van der Waals surface area contributed by atoms with Crippen LogP contribution in [0.2, 0.25) is 0 Å². The predicted molar refractivity (Wildman–Crippen MR) is 147 cm³/mol. The van der Waals surface area contributed by atoms with E-state index in [0.29, 0.717) is 54.3 Å². The van der Waals surface area contributed by atoms with Crippen LogP contribution in [0, 0.1) is 12.7 Å². The van der Waals surface area contributed by atoms with Crippen molar-refractivity contribution in [3.8, 4) is 11.4 Å². The summed E-state index contributed by atoms with van der Waals surface area (Å²) in [4.78, 5) is 49.4. The summed E-state index contributed by atoms with van der Waals surface area (Å²) in [6.07, 6.45) is 1.69. The van der Waals surface area contributed by atoms with Crippen LogP contribution in [0.3, 0.4) is 0 Å². The highest BCUT2D eigenvalue weighted by Crippen LogP contribution is 2.45. The fourth-order valence-corrected chi connectivity index (χ4v) is 6.05. The Morgan fingerprint density at radius 1 is 1.30 bits per heavy atom. The van der Waals surface area contributed by atoms with Gasteiger partial charge in [0.05, 0.1) is 29.0 Å². The number of carbonyl (C=O) groups excluding carboxylic acids is 2. The molecule has 1 amide bonds. The molecule has 4 heterocycles. The first-order valence-corrected chi connectivity index (χ1v) is 13.6. The summed E-state index contributed by atoms with van der Waals surface area (Å²) < 4.78 is 21.6. The van der Waals surface area contributed by atoms with Crippen LogP contribution >= 0.6 is 0 Å². The first-order chi connectivity index (χ1) is 19.1. The lowest BCUT2D eigenvalue weighted by atomic mass is 9.78. The Bertz CT molecular complexity index is 1690. The average Bonchev–Trinajstić information content (AvgIpc) is 3.30. The third-order valence-electron chi connectivity index (χ3n) is 8.65. The topological polar surface area (TPSA) is 114 Å². The summed E-state index contributed by atoms with van der Waals surface area (Å²) in [5, 5.41) is 11.3. The molecule has 9 nitrogen and oxygen atoms in total. The Hall–Kier alpha value is -3.76. The maximum absolute atomic E-state index is 15.0. The average molecular weight is 547 g/mol. The van der Waals surface area contributed by atoms with Crippen LogP contribution in [-0.4, -0.2) is 57.3 Å². The first kappa shape index (κ1) is 26.5. The third kappa shape index (κ3) is 4.08. The van der Waals surface area contributed by atoms with E-state index in [1.807, 2.05) is 7.05 Å². The molecule has 0 saturated heterocycles. The van der Waals surface area contributed by atoms with Gasteiger partial charge in [-0.05, 0) is 63.4 Å². The molecule has 2 aliphatic heterocycles. The number of amides is 1. The van der Waals surface area contributed by atoms with Crippen LogP contribution < -0.4 is 5.56 Å². The standard InChI is InChI=1S/C30H31FN4O5/c1-14(2)34(4)8-7-24(36)32-11-16-5-6-17-15(3)21(31)10-22-26(17)25(16)19-12-35-23(27(19)33-22)9-18-20(29(35)38)13-40-30(39)28(18)37/h9-11,14,16,28,37H,5-8,12-13H2,1-4H3/b32-11-/t16?,28-/m0/s1. The number of aliphatic hydroxyl groups excluding tert-OH is 1. The molecule has 0 spiro atoms. The van der Waals surface area contributed by atoms with Crippen LogP contribution in [0.15, 0.2) is 21.9 Å². The van der Waals surface area contributed by atoms with Crippen molar-refractivity contribution in [3.05, 3.63) is 61.7 Å². The maximum Gasteiger partial charge on any atom is 0.340 e. The van der Waals surface area contributed by atoms with Gasteiger partial charge < -0.3 is 19.3 Å². The molecule has 2 atom stereocenters. The summed E-state index contributed by atoms with van der Waals surface area (Å²) >= 11 is 0. The zero-order chi connectivity index (χ0) is 28.5. The van der Waals surface area contributed by atoms with Gasteiger partial charge in [0.15, 0.2) is 6.10 Å². The number of fused-ring (bicyclic) bond motifs is 5. The number of hydrogen-bond acceptors (Lipinski definition) is 7. The van der Waals surface area contributed by atoms with Crippen molar-refractivity contribution in [1.82, 2.24) is 14.5 Å². The Kier molecular flexibility index (Phi) is 6.42. The molecule has 0 radical (unpaired) electrons. The van der Waals surface area contributed by atoms with Crippen molar-refractivity contribution in [3.63, 3.8) is 0 Å². The summed E-state index contributed by atoms with van der Waals surface area (Å²) in [7, 11) is 1.97. The maximum atomic E-state index is 15.0. The summed E-state index contributed by atoms with van der Waals surface area (Å²) in [6.45, 7) is 6.52. The fourth-order valence-electron chi connectivity index (χ4n) is 6.05. The molecule has 1 aromatic carbocycles.